The van der Waals surface area contributed by atoms with Gasteiger partial charge in [0.1, 0.15) is 0 Å². The Bertz CT molecular complexity index is 2060. The van der Waals surface area contributed by atoms with E-state index in [-0.39, 0.29) is 0 Å². The highest BCUT2D eigenvalue weighted by Gasteiger charge is 2.41. The van der Waals surface area contributed by atoms with Crippen LogP contribution in [0.1, 0.15) is 63.5 Å². The van der Waals surface area contributed by atoms with Crippen LogP contribution in [0.25, 0.3) is 0 Å². The van der Waals surface area contributed by atoms with Crippen LogP contribution in [0, 0.1) is 11.8 Å². The van der Waals surface area contributed by atoms with Gasteiger partial charge in [0.2, 0.25) is 19.7 Å². The Labute approximate surface area is 297 Å². The van der Waals surface area contributed by atoms with Gasteiger partial charge < -0.3 is 21.3 Å². The van der Waals surface area contributed by atoms with E-state index in [9.17, 15) is 16.8 Å². The second-order valence-electron chi connectivity index (χ2n) is 14.7. The van der Waals surface area contributed by atoms with Gasteiger partial charge in [-0.25, -0.2) is 16.8 Å². The van der Waals surface area contributed by atoms with Crippen molar-refractivity contribution in [2.24, 2.45) is 11.8 Å². The number of rotatable bonds is 4. The van der Waals surface area contributed by atoms with E-state index in [0.29, 0.717) is 67.4 Å². The monoisotopic (exact) mass is 712 g/mol. The molecule has 8 nitrogen and oxygen atoms in total. The van der Waals surface area contributed by atoms with Gasteiger partial charge in [-0.15, -0.1) is 0 Å². The lowest BCUT2D eigenvalue weighted by molar-refractivity contribution is 0.402. The van der Waals surface area contributed by atoms with Gasteiger partial charge in [0.05, 0.1) is 19.6 Å². The van der Waals surface area contributed by atoms with Crippen LogP contribution >= 0.6 is 0 Å². The first-order valence-corrected chi connectivity index (χ1v) is 20.8. The molecule has 8 rings (SSSR count). The molecule has 4 aromatic rings. The Hall–Kier alpha value is -3.70. The van der Waals surface area contributed by atoms with Crippen molar-refractivity contribution in [2.45, 2.75) is 96.1 Å². The predicted octanol–water partition coefficient (Wildman–Crippen LogP) is 6.83. The van der Waals surface area contributed by atoms with Crippen molar-refractivity contribution < 1.29 is 16.8 Å². The van der Waals surface area contributed by atoms with Crippen LogP contribution in [-0.2, 0) is 19.7 Å². The Kier molecular flexibility index (Phi) is 9.58. The van der Waals surface area contributed by atoms with Gasteiger partial charge in [-0.05, 0) is 123 Å². The Morgan fingerprint density at radius 1 is 0.560 bits per heavy atom. The van der Waals surface area contributed by atoms with E-state index in [1.807, 2.05) is 36.4 Å². The molecule has 0 aliphatic carbocycles. The maximum atomic E-state index is 13.0. The van der Waals surface area contributed by atoms with Gasteiger partial charge in [0.15, 0.2) is 0 Å². The van der Waals surface area contributed by atoms with E-state index in [2.05, 4.69) is 49.0 Å². The number of hydrogen-bond donors (Lipinski definition) is 4. The molecular weight excluding hydrogens is 665 g/mol. The topological polar surface area (TPSA) is 116 Å². The summed E-state index contributed by atoms with van der Waals surface area (Å²) in [5, 5.41) is 14.4. The summed E-state index contributed by atoms with van der Waals surface area (Å²) in [6.45, 7) is 10.9. The molecule has 0 radical (unpaired) electrons. The third-order valence-electron chi connectivity index (χ3n) is 11.0. The zero-order valence-electron chi connectivity index (χ0n) is 29.1. The molecule has 4 aliphatic heterocycles. The summed E-state index contributed by atoms with van der Waals surface area (Å²) in [6.07, 6.45) is 2.06. The van der Waals surface area contributed by atoms with Gasteiger partial charge in [0.25, 0.3) is 0 Å². The molecule has 0 spiro atoms. The fourth-order valence-corrected chi connectivity index (χ4v) is 11.2. The van der Waals surface area contributed by atoms with Crippen LogP contribution in [0.3, 0.4) is 0 Å². The smallest absolute Gasteiger partial charge is 0.206 e. The minimum Gasteiger partial charge on any atom is -0.381 e. The van der Waals surface area contributed by atoms with E-state index in [1.165, 1.54) is 0 Å². The minimum absolute atomic E-state index is 0.339. The molecule has 0 amide bonds. The standard InChI is InChI=1S/2C20H24N2O2S/c1-13-11-21-12-14(2)20-19(13)17-10-16(8-9-18(17)22-20)25(23,24)15-6-4-3-5-7-15;1-13-10-17-18-12-16(25(23,24)15-6-4-3-5-7-15)8-9-19(18)22-20(17)11-14(2)21-13/h3-10,13-14,19-22H,11-12H2,1-2H3;3-9,12-14,17,20-22H,10-11H2,1-2H3/t13?,14?,19-,20+;13?,14?,17-,20-/m11/s1. The van der Waals surface area contributed by atoms with Crippen LogP contribution < -0.4 is 21.3 Å². The first-order valence-electron chi connectivity index (χ1n) is 17.8. The highest BCUT2D eigenvalue weighted by molar-refractivity contribution is 7.91. The van der Waals surface area contributed by atoms with Gasteiger partial charge in [-0.1, -0.05) is 50.2 Å². The summed E-state index contributed by atoms with van der Waals surface area (Å²) >= 11 is 0. The van der Waals surface area contributed by atoms with Gasteiger partial charge in [-0.2, -0.15) is 0 Å². The lowest BCUT2D eigenvalue weighted by Crippen LogP contribution is -2.33. The summed E-state index contributed by atoms with van der Waals surface area (Å²) in [6, 6.07) is 30.1. The highest BCUT2D eigenvalue weighted by atomic mass is 32.2. The van der Waals surface area contributed by atoms with Crippen LogP contribution in [0.4, 0.5) is 11.4 Å². The van der Waals surface area contributed by atoms with Crippen molar-refractivity contribution >= 4 is 31.0 Å². The lowest BCUT2D eigenvalue weighted by Gasteiger charge is -2.26. The van der Waals surface area contributed by atoms with Crippen molar-refractivity contribution in [3.8, 4) is 0 Å². The first-order chi connectivity index (χ1) is 23.9. The molecule has 4 heterocycles. The molecular formula is C40H48N4O4S2. The Morgan fingerprint density at radius 2 is 1.08 bits per heavy atom. The minimum atomic E-state index is -3.48. The maximum absolute atomic E-state index is 13.0. The van der Waals surface area contributed by atoms with E-state index in [4.69, 9.17) is 0 Å². The number of anilines is 2. The molecule has 0 aromatic heterocycles. The van der Waals surface area contributed by atoms with Crippen molar-refractivity contribution in [1.82, 2.24) is 10.6 Å². The number of benzene rings is 4. The fourth-order valence-electron chi connectivity index (χ4n) is 8.56. The molecule has 50 heavy (non-hydrogen) atoms. The number of sulfone groups is 2. The number of nitrogens with one attached hydrogen (secondary N) is 4. The molecule has 4 unspecified atom stereocenters. The van der Waals surface area contributed by atoms with E-state index in [0.717, 1.165) is 48.4 Å². The van der Waals surface area contributed by atoms with Crippen molar-refractivity contribution in [3.63, 3.8) is 0 Å². The van der Waals surface area contributed by atoms with Gasteiger partial charge in [-0.3, -0.25) is 0 Å². The molecule has 8 atom stereocenters. The predicted molar refractivity (Wildman–Crippen MR) is 199 cm³/mol. The molecule has 2 saturated heterocycles. The number of fused-ring (bicyclic) bond motifs is 6. The summed E-state index contributed by atoms with van der Waals surface area (Å²) in [5.74, 6) is 1.65. The highest BCUT2D eigenvalue weighted by Crippen LogP contribution is 2.46. The average Bonchev–Trinajstić information content (AvgIpc) is 3.57. The summed E-state index contributed by atoms with van der Waals surface area (Å²) in [7, 11) is -6.96. The summed E-state index contributed by atoms with van der Waals surface area (Å²) in [5.41, 5.74) is 4.46. The SMILES string of the molecule is CC1CNCC(C)[C@@H]2c3cc(S(=O)(=O)c4ccccc4)ccc3N[C@@H]12.CC1C[C@@H]2c3cc(S(=O)(=O)c4ccccc4)ccc3N[C@@H]2CC(C)N1. The average molecular weight is 713 g/mol. The molecule has 4 aromatic carbocycles. The van der Waals surface area contributed by atoms with Crippen molar-refractivity contribution in [3.05, 3.63) is 108 Å². The fraction of sp³-hybridized carbons (Fsp3) is 0.400. The normalized spacial score (nSPS) is 28.6. The van der Waals surface area contributed by atoms with E-state index >= 15 is 0 Å². The number of hydrogen-bond acceptors (Lipinski definition) is 8. The largest absolute Gasteiger partial charge is 0.381 e. The quantitative estimate of drug-likeness (QED) is 0.182. The van der Waals surface area contributed by atoms with Gasteiger partial charge in [0, 0.05) is 47.4 Å². The van der Waals surface area contributed by atoms with Gasteiger partial charge >= 0.3 is 0 Å². The molecule has 4 aliphatic rings. The second kappa shape index (κ2) is 13.8. The second-order valence-corrected chi connectivity index (χ2v) is 18.6. The lowest BCUT2D eigenvalue weighted by atomic mass is 9.81. The van der Waals surface area contributed by atoms with Crippen LogP contribution in [0.2, 0.25) is 0 Å². The third-order valence-corrected chi connectivity index (χ3v) is 14.5. The molecule has 10 heteroatoms. The van der Waals surface area contributed by atoms with Crippen molar-refractivity contribution in [2.75, 3.05) is 23.7 Å². The first kappa shape index (κ1) is 34.7. The maximum Gasteiger partial charge on any atom is 0.206 e. The zero-order chi connectivity index (χ0) is 35.2. The Morgan fingerprint density at radius 3 is 1.68 bits per heavy atom. The van der Waals surface area contributed by atoms with E-state index in [1.54, 1.807) is 60.7 Å². The summed E-state index contributed by atoms with van der Waals surface area (Å²) in [4.78, 5) is 1.47. The van der Waals surface area contributed by atoms with Crippen LogP contribution in [-0.4, -0.2) is 54.1 Å². The third kappa shape index (κ3) is 6.59. The Balaban J connectivity index is 0.000000157. The molecule has 4 N–H and O–H groups in total. The van der Waals surface area contributed by atoms with Crippen molar-refractivity contribution in [1.29, 1.82) is 0 Å². The molecule has 2 fully saturated rings. The van der Waals surface area contributed by atoms with Crippen LogP contribution in [0.5, 0.6) is 0 Å². The summed E-state index contributed by atoms with van der Waals surface area (Å²) < 4.78 is 51.8. The molecule has 264 valence electrons. The molecule has 0 bridgehead atoms. The van der Waals surface area contributed by atoms with E-state index < -0.39 is 19.7 Å². The van der Waals surface area contributed by atoms with Crippen LogP contribution in [0.15, 0.2) is 117 Å². The molecule has 0 saturated carbocycles. The zero-order valence-corrected chi connectivity index (χ0v) is 30.8.